The first kappa shape index (κ1) is 25.3. The van der Waals surface area contributed by atoms with Crippen LogP contribution in [0.15, 0.2) is 47.4 Å². The molecule has 0 saturated carbocycles. The van der Waals surface area contributed by atoms with Crippen LogP contribution in [0.2, 0.25) is 0 Å². The number of amides is 1. The average molecular weight is 472 g/mol. The highest BCUT2D eigenvalue weighted by molar-refractivity contribution is 7.89. The monoisotopic (exact) mass is 472 g/mol. The van der Waals surface area contributed by atoms with Crippen LogP contribution in [0, 0.1) is 6.92 Å². The molecular weight excluding hydrogens is 449 g/mol. The highest BCUT2D eigenvalue weighted by Gasteiger charge is 2.33. The highest BCUT2D eigenvalue weighted by atomic mass is 32.2. The molecule has 7 nitrogen and oxygen atoms in total. The Morgan fingerprint density at radius 3 is 2.28 bits per heavy atom. The number of ether oxygens (including phenoxy) is 1. The van der Waals surface area contributed by atoms with E-state index in [1.54, 1.807) is 20.8 Å². The van der Waals surface area contributed by atoms with Gasteiger partial charge in [0.2, 0.25) is 10.0 Å². The third-order valence-corrected chi connectivity index (χ3v) is 6.66. The summed E-state index contributed by atoms with van der Waals surface area (Å²) in [5.74, 6) is -1.95. The van der Waals surface area contributed by atoms with E-state index >= 15 is 0 Å². The molecule has 2 aromatic rings. The Kier molecular flexibility index (Phi) is 8.02. The molecule has 0 spiro atoms. The van der Waals surface area contributed by atoms with Crippen LogP contribution in [-0.4, -0.2) is 44.3 Å². The molecule has 2 aromatic carbocycles. The molecular formula is C21H23F3N2O5S. The second-order valence-corrected chi connectivity index (χ2v) is 8.67. The summed E-state index contributed by atoms with van der Waals surface area (Å²) in [6.45, 7) is 4.56. The summed E-state index contributed by atoms with van der Waals surface area (Å²) >= 11 is 0. The van der Waals surface area contributed by atoms with Gasteiger partial charge in [-0.1, -0.05) is 32.0 Å². The normalized spacial score (nSPS) is 12.0. The summed E-state index contributed by atoms with van der Waals surface area (Å²) in [5.41, 5.74) is -1.16. The molecule has 1 amide bonds. The number of nitrogens with one attached hydrogen (secondary N) is 1. The molecule has 0 bridgehead atoms. The first-order valence-corrected chi connectivity index (χ1v) is 11.1. The number of esters is 1. The second-order valence-electron chi connectivity index (χ2n) is 6.73. The van der Waals surface area contributed by atoms with Crippen molar-refractivity contribution in [2.45, 2.75) is 31.8 Å². The van der Waals surface area contributed by atoms with Crippen LogP contribution >= 0.6 is 0 Å². The van der Waals surface area contributed by atoms with Crippen molar-refractivity contribution in [2.75, 3.05) is 25.0 Å². The van der Waals surface area contributed by atoms with Gasteiger partial charge in [0, 0.05) is 13.1 Å². The van der Waals surface area contributed by atoms with Crippen LogP contribution in [0.5, 0.6) is 0 Å². The van der Waals surface area contributed by atoms with Crippen LogP contribution in [0.4, 0.5) is 18.9 Å². The van der Waals surface area contributed by atoms with Gasteiger partial charge in [0.25, 0.3) is 5.91 Å². The van der Waals surface area contributed by atoms with Crippen LogP contribution in [0.3, 0.4) is 0 Å². The molecule has 0 radical (unpaired) electrons. The Morgan fingerprint density at radius 1 is 1.06 bits per heavy atom. The maximum Gasteiger partial charge on any atom is 0.418 e. The molecule has 0 heterocycles. The first-order chi connectivity index (χ1) is 14.9. The molecule has 0 aliphatic heterocycles. The lowest BCUT2D eigenvalue weighted by molar-refractivity contribution is -0.137. The molecule has 1 N–H and O–H groups in total. The van der Waals surface area contributed by atoms with Gasteiger partial charge in [-0.25, -0.2) is 13.2 Å². The number of anilines is 1. The minimum absolute atomic E-state index is 0.0678. The molecule has 174 valence electrons. The maximum absolute atomic E-state index is 13.0. The lowest BCUT2D eigenvalue weighted by Gasteiger charge is -2.19. The number of carbonyl (C=O) groups excluding carboxylic acids is 2. The Morgan fingerprint density at radius 2 is 1.69 bits per heavy atom. The number of benzene rings is 2. The number of sulfonamides is 1. The maximum atomic E-state index is 13.0. The third kappa shape index (κ3) is 5.86. The number of para-hydroxylation sites is 1. The minimum Gasteiger partial charge on any atom is -0.452 e. The van der Waals surface area contributed by atoms with Crippen molar-refractivity contribution in [3.05, 3.63) is 59.2 Å². The number of alkyl halides is 3. The van der Waals surface area contributed by atoms with Crippen molar-refractivity contribution >= 4 is 27.6 Å². The Bertz CT molecular complexity index is 1100. The quantitative estimate of drug-likeness (QED) is 0.590. The van der Waals surface area contributed by atoms with Crippen molar-refractivity contribution in [2.24, 2.45) is 0 Å². The Labute approximate surface area is 184 Å². The van der Waals surface area contributed by atoms with Gasteiger partial charge < -0.3 is 10.1 Å². The second kappa shape index (κ2) is 10.1. The van der Waals surface area contributed by atoms with Crippen LogP contribution in [0.25, 0.3) is 0 Å². The fourth-order valence-electron chi connectivity index (χ4n) is 2.93. The van der Waals surface area contributed by atoms with Crippen molar-refractivity contribution in [1.82, 2.24) is 4.31 Å². The molecule has 0 aromatic heterocycles. The van der Waals surface area contributed by atoms with E-state index in [1.165, 1.54) is 28.6 Å². The van der Waals surface area contributed by atoms with E-state index in [4.69, 9.17) is 4.74 Å². The lowest BCUT2D eigenvalue weighted by atomic mass is 10.1. The molecule has 0 aliphatic rings. The standard InChI is InChI=1S/C21H23F3N2O5S/c1-4-26(5-2)32(29,30)15-11-10-14(3)16(12-15)20(28)31-13-19(27)25-18-9-7-6-8-17(18)21(22,23)24/h6-12H,4-5,13H2,1-3H3,(H,25,27). The van der Waals surface area contributed by atoms with E-state index in [0.29, 0.717) is 5.56 Å². The topological polar surface area (TPSA) is 92.8 Å². The Hall–Kier alpha value is -2.92. The Balaban J connectivity index is 2.15. The molecule has 0 fully saturated rings. The largest absolute Gasteiger partial charge is 0.452 e. The van der Waals surface area contributed by atoms with Crippen molar-refractivity contribution in [3.8, 4) is 0 Å². The molecule has 32 heavy (non-hydrogen) atoms. The van der Waals surface area contributed by atoms with Crippen LogP contribution in [-0.2, 0) is 25.7 Å². The fraction of sp³-hybridized carbons (Fsp3) is 0.333. The van der Waals surface area contributed by atoms with E-state index in [0.717, 1.165) is 18.2 Å². The summed E-state index contributed by atoms with van der Waals surface area (Å²) in [5, 5.41) is 2.07. The number of carbonyl (C=O) groups is 2. The summed E-state index contributed by atoms with van der Waals surface area (Å²) in [7, 11) is -3.82. The van der Waals surface area contributed by atoms with Gasteiger partial charge in [0.15, 0.2) is 6.61 Å². The fourth-order valence-corrected chi connectivity index (χ4v) is 4.41. The molecule has 0 unspecified atom stereocenters. The van der Waals surface area contributed by atoms with Gasteiger partial charge in [-0.3, -0.25) is 4.79 Å². The summed E-state index contributed by atoms with van der Waals surface area (Å²) in [4.78, 5) is 24.4. The summed E-state index contributed by atoms with van der Waals surface area (Å²) in [6.07, 6.45) is -4.67. The summed E-state index contributed by atoms with van der Waals surface area (Å²) in [6, 6.07) is 8.35. The molecule has 2 rings (SSSR count). The zero-order chi connectivity index (χ0) is 24.1. The van der Waals surface area contributed by atoms with Crippen molar-refractivity contribution in [3.63, 3.8) is 0 Å². The number of hydrogen-bond donors (Lipinski definition) is 1. The number of hydrogen-bond acceptors (Lipinski definition) is 5. The van der Waals surface area contributed by atoms with Gasteiger partial charge in [0.05, 0.1) is 21.7 Å². The zero-order valence-corrected chi connectivity index (χ0v) is 18.5. The smallest absolute Gasteiger partial charge is 0.418 e. The molecule has 0 aliphatic carbocycles. The molecule has 0 atom stereocenters. The van der Waals surface area contributed by atoms with Crippen LogP contribution in [0.1, 0.15) is 35.3 Å². The van der Waals surface area contributed by atoms with Crippen molar-refractivity contribution < 1.29 is 35.9 Å². The predicted octanol–water partition coefficient (Wildman–Crippen LogP) is 3.84. The minimum atomic E-state index is -4.67. The third-order valence-electron chi connectivity index (χ3n) is 4.61. The number of halogens is 3. The number of rotatable bonds is 8. The first-order valence-electron chi connectivity index (χ1n) is 9.65. The number of nitrogens with zero attached hydrogens (tertiary/aromatic N) is 1. The van der Waals surface area contributed by atoms with Gasteiger partial charge in [0.1, 0.15) is 0 Å². The highest BCUT2D eigenvalue weighted by Crippen LogP contribution is 2.34. The molecule has 0 saturated heterocycles. The lowest BCUT2D eigenvalue weighted by Crippen LogP contribution is -2.30. The van der Waals surface area contributed by atoms with E-state index in [9.17, 15) is 31.2 Å². The van der Waals surface area contributed by atoms with Gasteiger partial charge >= 0.3 is 12.1 Å². The van der Waals surface area contributed by atoms with E-state index < -0.39 is 45.9 Å². The predicted molar refractivity (Wildman–Crippen MR) is 112 cm³/mol. The van der Waals surface area contributed by atoms with Gasteiger partial charge in [-0.05, 0) is 36.8 Å². The average Bonchev–Trinajstić information content (AvgIpc) is 2.72. The van der Waals surface area contributed by atoms with E-state index in [-0.39, 0.29) is 23.5 Å². The number of aryl methyl sites for hydroxylation is 1. The van der Waals surface area contributed by atoms with E-state index in [1.807, 2.05) is 0 Å². The zero-order valence-electron chi connectivity index (χ0n) is 17.7. The SMILES string of the molecule is CCN(CC)S(=O)(=O)c1ccc(C)c(C(=O)OCC(=O)Nc2ccccc2C(F)(F)F)c1. The van der Waals surface area contributed by atoms with Gasteiger partial charge in [-0.2, -0.15) is 17.5 Å². The van der Waals surface area contributed by atoms with Gasteiger partial charge in [-0.15, -0.1) is 0 Å². The van der Waals surface area contributed by atoms with Crippen LogP contribution < -0.4 is 5.32 Å². The summed E-state index contributed by atoms with van der Waals surface area (Å²) < 4.78 is 70.6. The molecule has 11 heteroatoms. The van der Waals surface area contributed by atoms with Crippen molar-refractivity contribution in [1.29, 1.82) is 0 Å². The van der Waals surface area contributed by atoms with E-state index in [2.05, 4.69) is 5.32 Å².